The van der Waals surface area contributed by atoms with Gasteiger partial charge < -0.3 is 10.6 Å². The Balaban J connectivity index is 0.00000392. The molecule has 1 aliphatic rings. The number of nitrogens with zero attached hydrogens (tertiary/aromatic N) is 3. The number of aromatic nitrogens is 1. The largest absolute Gasteiger partial charge is 0.355 e. The summed E-state index contributed by atoms with van der Waals surface area (Å²) in [7, 11) is -1.81. The van der Waals surface area contributed by atoms with Gasteiger partial charge in [0.15, 0.2) is 5.96 Å². The standard InChI is InChI=1S/C18H32N6O2S.HI/c1-3-16-7-4-5-13-24(16)14-12-22-18(19-2)21-10-11-23-27(25,26)17-8-6-9-20-15-17;/h6,8-9,15-16,23H,3-5,7,10-14H2,1-2H3,(H2,19,21,22);1H. The predicted molar refractivity (Wildman–Crippen MR) is 124 cm³/mol. The minimum atomic E-state index is -3.52. The zero-order valence-electron chi connectivity index (χ0n) is 16.7. The molecule has 0 spiro atoms. The second kappa shape index (κ2) is 13.3. The van der Waals surface area contributed by atoms with E-state index in [0.717, 1.165) is 13.1 Å². The third-order valence-corrected chi connectivity index (χ3v) is 6.24. The van der Waals surface area contributed by atoms with Crippen LogP contribution in [0.1, 0.15) is 32.6 Å². The zero-order chi connectivity index (χ0) is 19.5. The van der Waals surface area contributed by atoms with E-state index in [1.54, 1.807) is 19.3 Å². The average molecular weight is 524 g/mol. The van der Waals surface area contributed by atoms with E-state index < -0.39 is 10.0 Å². The van der Waals surface area contributed by atoms with Gasteiger partial charge in [-0.1, -0.05) is 13.3 Å². The molecule has 1 aliphatic heterocycles. The summed E-state index contributed by atoms with van der Waals surface area (Å²) in [6, 6.07) is 3.81. The van der Waals surface area contributed by atoms with Gasteiger partial charge in [-0.15, -0.1) is 24.0 Å². The van der Waals surface area contributed by atoms with Crippen LogP contribution in [0.3, 0.4) is 0 Å². The van der Waals surface area contributed by atoms with Gasteiger partial charge in [-0.2, -0.15) is 0 Å². The fourth-order valence-corrected chi connectivity index (χ4v) is 4.31. The number of aliphatic imine (C=N–C) groups is 1. The van der Waals surface area contributed by atoms with Gasteiger partial charge in [-0.05, 0) is 37.9 Å². The Morgan fingerprint density at radius 2 is 2.07 bits per heavy atom. The highest BCUT2D eigenvalue weighted by atomic mass is 127. The number of piperidine rings is 1. The Labute approximate surface area is 186 Å². The van der Waals surface area contributed by atoms with Crippen molar-refractivity contribution in [1.82, 2.24) is 25.2 Å². The number of pyridine rings is 1. The summed E-state index contributed by atoms with van der Waals surface area (Å²) in [6.45, 7) is 5.94. The number of sulfonamides is 1. The molecular formula is C18H33IN6O2S. The van der Waals surface area contributed by atoms with E-state index in [2.05, 4.69) is 37.2 Å². The van der Waals surface area contributed by atoms with Crippen LogP contribution in [0.2, 0.25) is 0 Å². The second-order valence-corrected chi connectivity index (χ2v) is 8.37. The quantitative estimate of drug-likeness (QED) is 0.196. The third-order valence-electron chi connectivity index (χ3n) is 4.79. The summed E-state index contributed by atoms with van der Waals surface area (Å²) in [5, 5.41) is 6.43. The van der Waals surface area contributed by atoms with Crippen molar-refractivity contribution in [1.29, 1.82) is 0 Å². The van der Waals surface area contributed by atoms with Crippen molar-refractivity contribution in [3.63, 3.8) is 0 Å². The van der Waals surface area contributed by atoms with Crippen molar-refractivity contribution in [2.45, 2.75) is 43.5 Å². The second-order valence-electron chi connectivity index (χ2n) is 6.61. The van der Waals surface area contributed by atoms with Gasteiger partial charge in [-0.25, -0.2) is 13.1 Å². The van der Waals surface area contributed by atoms with Crippen molar-refractivity contribution in [2.24, 2.45) is 4.99 Å². The highest BCUT2D eigenvalue weighted by Gasteiger charge is 2.20. The molecule has 10 heteroatoms. The van der Waals surface area contributed by atoms with E-state index in [-0.39, 0.29) is 35.4 Å². The molecule has 0 saturated carbocycles. The topological polar surface area (TPSA) is 98.7 Å². The molecule has 1 fully saturated rings. The molecule has 0 radical (unpaired) electrons. The molecule has 0 aromatic carbocycles. The molecule has 0 aliphatic carbocycles. The third kappa shape index (κ3) is 8.18. The minimum Gasteiger partial charge on any atom is -0.355 e. The van der Waals surface area contributed by atoms with E-state index >= 15 is 0 Å². The Hall–Kier alpha value is -0.980. The predicted octanol–water partition coefficient (Wildman–Crippen LogP) is 1.41. The van der Waals surface area contributed by atoms with Crippen molar-refractivity contribution in [2.75, 3.05) is 39.8 Å². The van der Waals surface area contributed by atoms with Crippen LogP contribution in [-0.4, -0.2) is 70.1 Å². The van der Waals surface area contributed by atoms with Crippen LogP contribution in [0.5, 0.6) is 0 Å². The first-order chi connectivity index (χ1) is 13.1. The van der Waals surface area contributed by atoms with E-state index in [0.29, 0.717) is 18.5 Å². The normalized spacial score (nSPS) is 18.4. The molecule has 2 rings (SSSR count). The summed E-state index contributed by atoms with van der Waals surface area (Å²) in [6.07, 6.45) is 7.98. The lowest BCUT2D eigenvalue weighted by Crippen LogP contribution is -2.46. The van der Waals surface area contributed by atoms with Crippen LogP contribution >= 0.6 is 24.0 Å². The number of likely N-dealkylation sites (tertiary alicyclic amines) is 1. The maximum absolute atomic E-state index is 12.1. The fourth-order valence-electron chi connectivity index (χ4n) is 3.31. The maximum Gasteiger partial charge on any atom is 0.242 e. The summed E-state index contributed by atoms with van der Waals surface area (Å²) < 4.78 is 26.8. The van der Waals surface area contributed by atoms with E-state index in [4.69, 9.17) is 0 Å². The van der Waals surface area contributed by atoms with Gasteiger partial charge >= 0.3 is 0 Å². The smallest absolute Gasteiger partial charge is 0.242 e. The molecule has 1 aromatic heterocycles. The van der Waals surface area contributed by atoms with Crippen molar-refractivity contribution < 1.29 is 8.42 Å². The lowest BCUT2D eigenvalue weighted by molar-refractivity contribution is 0.147. The van der Waals surface area contributed by atoms with Gasteiger partial charge in [0, 0.05) is 51.7 Å². The zero-order valence-corrected chi connectivity index (χ0v) is 19.9. The number of hydrogen-bond donors (Lipinski definition) is 3. The monoisotopic (exact) mass is 524 g/mol. The molecule has 1 atom stereocenters. The molecular weight excluding hydrogens is 491 g/mol. The molecule has 28 heavy (non-hydrogen) atoms. The van der Waals surface area contributed by atoms with Crippen LogP contribution in [0.25, 0.3) is 0 Å². The fraction of sp³-hybridized carbons (Fsp3) is 0.667. The molecule has 2 heterocycles. The number of nitrogens with one attached hydrogen (secondary N) is 3. The minimum absolute atomic E-state index is 0. The highest BCUT2D eigenvalue weighted by molar-refractivity contribution is 14.0. The van der Waals surface area contributed by atoms with E-state index in [1.165, 1.54) is 44.5 Å². The molecule has 0 amide bonds. The van der Waals surface area contributed by atoms with Gasteiger partial charge in [0.25, 0.3) is 0 Å². The molecule has 3 N–H and O–H groups in total. The molecule has 0 bridgehead atoms. The van der Waals surface area contributed by atoms with E-state index in [1.807, 2.05) is 0 Å². The first-order valence-corrected chi connectivity index (χ1v) is 11.1. The average Bonchev–Trinajstić information content (AvgIpc) is 2.70. The van der Waals surface area contributed by atoms with Crippen molar-refractivity contribution >= 4 is 40.0 Å². The molecule has 1 unspecified atom stereocenters. The molecule has 1 aromatic rings. The van der Waals surface area contributed by atoms with Gasteiger partial charge in [0.2, 0.25) is 10.0 Å². The van der Waals surface area contributed by atoms with Crippen LogP contribution < -0.4 is 15.4 Å². The van der Waals surface area contributed by atoms with Crippen molar-refractivity contribution in [3.05, 3.63) is 24.5 Å². The van der Waals surface area contributed by atoms with Crippen LogP contribution in [-0.2, 0) is 10.0 Å². The van der Waals surface area contributed by atoms with Crippen LogP contribution in [0, 0.1) is 0 Å². The van der Waals surface area contributed by atoms with Gasteiger partial charge in [0.05, 0.1) is 0 Å². The Morgan fingerprint density at radius 1 is 1.29 bits per heavy atom. The lowest BCUT2D eigenvalue weighted by atomic mass is 10.0. The SMILES string of the molecule is CCC1CCCCN1CCNC(=NC)NCCNS(=O)(=O)c1cccnc1.I. The summed E-state index contributed by atoms with van der Waals surface area (Å²) in [5.74, 6) is 0.681. The lowest BCUT2D eigenvalue weighted by Gasteiger charge is -2.35. The summed E-state index contributed by atoms with van der Waals surface area (Å²) in [5.41, 5.74) is 0. The van der Waals surface area contributed by atoms with Gasteiger partial charge in [0.1, 0.15) is 4.90 Å². The Morgan fingerprint density at radius 3 is 2.75 bits per heavy atom. The van der Waals surface area contributed by atoms with Crippen LogP contribution in [0.4, 0.5) is 0 Å². The number of hydrogen-bond acceptors (Lipinski definition) is 5. The number of rotatable bonds is 9. The number of halogens is 1. The molecule has 1 saturated heterocycles. The highest BCUT2D eigenvalue weighted by Crippen LogP contribution is 2.18. The summed E-state index contributed by atoms with van der Waals surface area (Å²) >= 11 is 0. The first-order valence-electron chi connectivity index (χ1n) is 9.65. The number of guanidine groups is 1. The molecule has 8 nitrogen and oxygen atoms in total. The maximum atomic E-state index is 12.1. The van der Waals surface area contributed by atoms with E-state index in [9.17, 15) is 8.42 Å². The molecule has 160 valence electrons. The van der Waals surface area contributed by atoms with Crippen LogP contribution in [0.15, 0.2) is 34.4 Å². The van der Waals surface area contributed by atoms with Crippen molar-refractivity contribution in [3.8, 4) is 0 Å². The Kier molecular flexibility index (Phi) is 11.9. The Bertz CT molecular complexity index is 687. The first kappa shape index (κ1) is 25.1. The summed E-state index contributed by atoms with van der Waals surface area (Å²) in [4.78, 5) is 10.7. The van der Waals surface area contributed by atoms with Gasteiger partial charge in [-0.3, -0.25) is 14.9 Å².